The fourth-order valence-electron chi connectivity index (χ4n) is 2.51. The number of aryl methyl sites for hydroxylation is 1. The van der Waals surface area contributed by atoms with Crippen LogP contribution in [0.2, 0.25) is 0 Å². The first kappa shape index (κ1) is 20.9. The molecule has 8 heteroatoms. The van der Waals surface area contributed by atoms with Crippen molar-refractivity contribution in [1.82, 2.24) is 0 Å². The molecule has 0 saturated heterocycles. The van der Waals surface area contributed by atoms with E-state index in [1.165, 1.54) is 28.4 Å². The molecule has 0 heterocycles. The molecule has 2 aromatic carbocycles. The van der Waals surface area contributed by atoms with Crippen LogP contribution in [0.15, 0.2) is 30.3 Å². The Hall–Kier alpha value is -3.42. The van der Waals surface area contributed by atoms with Crippen molar-refractivity contribution in [2.24, 2.45) is 0 Å². The number of carbonyl (C=O) groups excluding carboxylic acids is 2. The Kier molecular flexibility index (Phi) is 7.08. The molecular weight excluding hydrogens is 366 g/mol. The minimum atomic E-state index is -0.627. The molecule has 2 rings (SSSR count). The number of benzene rings is 2. The van der Waals surface area contributed by atoms with Crippen molar-refractivity contribution in [3.8, 4) is 23.0 Å². The van der Waals surface area contributed by atoms with Crippen molar-refractivity contribution < 1.29 is 33.3 Å². The fourth-order valence-corrected chi connectivity index (χ4v) is 2.51. The minimum Gasteiger partial charge on any atom is -0.496 e. The van der Waals surface area contributed by atoms with Crippen molar-refractivity contribution >= 4 is 17.6 Å². The number of ether oxygens (including phenoxy) is 5. The predicted octanol–water partition coefficient (Wildman–Crippen LogP) is 2.82. The number of anilines is 1. The van der Waals surface area contributed by atoms with Gasteiger partial charge in [-0.25, -0.2) is 4.79 Å². The molecule has 0 aromatic heterocycles. The van der Waals surface area contributed by atoms with Crippen LogP contribution in [0.25, 0.3) is 0 Å². The lowest BCUT2D eigenvalue weighted by Gasteiger charge is -2.14. The van der Waals surface area contributed by atoms with E-state index < -0.39 is 18.5 Å². The van der Waals surface area contributed by atoms with Gasteiger partial charge >= 0.3 is 5.97 Å². The minimum absolute atomic E-state index is 0.294. The van der Waals surface area contributed by atoms with Gasteiger partial charge in [-0.2, -0.15) is 0 Å². The summed E-state index contributed by atoms with van der Waals surface area (Å²) in [6, 6.07) is 8.06. The van der Waals surface area contributed by atoms with Gasteiger partial charge < -0.3 is 29.0 Å². The molecule has 0 bridgehead atoms. The highest BCUT2D eigenvalue weighted by Crippen LogP contribution is 2.39. The van der Waals surface area contributed by atoms with E-state index in [0.717, 1.165) is 5.56 Å². The van der Waals surface area contributed by atoms with E-state index in [1.54, 1.807) is 30.3 Å². The Balaban J connectivity index is 2.03. The monoisotopic (exact) mass is 389 g/mol. The van der Waals surface area contributed by atoms with Gasteiger partial charge in [0.1, 0.15) is 5.75 Å². The molecule has 150 valence electrons. The summed E-state index contributed by atoms with van der Waals surface area (Å²) in [4.78, 5) is 24.3. The highest BCUT2D eigenvalue weighted by Gasteiger charge is 2.16. The zero-order valence-corrected chi connectivity index (χ0v) is 16.5. The molecule has 0 aliphatic carbocycles. The van der Waals surface area contributed by atoms with Gasteiger partial charge in [0.25, 0.3) is 5.91 Å². The van der Waals surface area contributed by atoms with E-state index in [4.69, 9.17) is 23.7 Å². The summed E-state index contributed by atoms with van der Waals surface area (Å²) in [5, 5.41) is 2.62. The van der Waals surface area contributed by atoms with Crippen molar-refractivity contribution in [3.63, 3.8) is 0 Å². The Labute approximate surface area is 163 Å². The van der Waals surface area contributed by atoms with Crippen molar-refractivity contribution in [2.45, 2.75) is 6.92 Å². The topological polar surface area (TPSA) is 92.3 Å². The zero-order chi connectivity index (χ0) is 20.7. The van der Waals surface area contributed by atoms with E-state index in [9.17, 15) is 9.59 Å². The van der Waals surface area contributed by atoms with Gasteiger partial charge in [0.15, 0.2) is 18.1 Å². The molecule has 0 radical (unpaired) electrons. The number of amides is 1. The number of nitrogens with one attached hydrogen (secondary N) is 1. The number of hydrogen-bond acceptors (Lipinski definition) is 7. The molecule has 1 amide bonds. The van der Waals surface area contributed by atoms with Crippen molar-refractivity contribution in [3.05, 3.63) is 41.5 Å². The van der Waals surface area contributed by atoms with E-state index in [1.807, 2.05) is 6.92 Å². The van der Waals surface area contributed by atoms with Gasteiger partial charge in [0, 0.05) is 17.8 Å². The molecule has 0 unspecified atom stereocenters. The van der Waals surface area contributed by atoms with Crippen LogP contribution in [-0.2, 0) is 9.53 Å². The Bertz CT molecular complexity index is 839. The summed E-state index contributed by atoms with van der Waals surface area (Å²) in [6.45, 7) is 1.41. The average Bonchev–Trinajstić information content (AvgIpc) is 2.71. The lowest BCUT2D eigenvalue weighted by atomic mass is 10.1. The Morgan fingerprint density at radius 2 is 1.46 bits per heavy atom. The smallest absolute Gasteiger partial charge is 0.338 e. The van der Waals surface area contributed by atoms with Crippen LogP contribution in [0.5, 0.6) is 23.0 Å². The number of hydrogen-bond donors (Lipinski definition) is 1. The summed E-state index contributed by atoms with van der Waals surface area (Å²) >= 11 is 0. The van der Waals surface area contributed by atoms with Crippen molar-refractivity contribution in [2.75, 3.05) is 40.4 Å². The first-order valence-electron chi connectivity index (χ1n) is 8.35. The second-order valence-electron chi connectivity index (χ2n) is 5.72. The van der Waals surface area contributed by atoms with Crippen LogP contribution in [0, 0.1) is 6.92 Å². The number of methoxy groups -OCH3 is 4. The van der Waals surface area contributed by atoms with E-state index in [-0.39, 0.29) is 0 Å². The third-order valence-corrected chi connectivity index (χ3v) is 3.93. The molecule has 28 heavy (non-hydrogen) atoms. The maximum atomic E-state index is 12.2. The zero-order valence-electron chi connectivity index (χ0n) is 16.5. The van der Waals surface area contributed by atoms with Crippen LogP contribution in [0.1, 0.15) is 15.9 Å². The van der Waals surface area contributed by atoms with Crippen LogP contribution in [0.3, 0.4) is 0 Å². The normalized spacial score (nSPS) is 10.0. The molecule has 0 saturated carbocycles. The van der Waals surface area contributed by atoms with Crippen LogP contribution in [-0.4, -0.2) is 46.9 Å². The van der Waals surface area contributed by atoms with Gasteiger partial charge in [-0.05, 0) is 24.6 Å². The predicted molar refractivity (Wildman–Crippen MR) is 103 cm³/mol. The quantitative estimate of drug-likeness (QED) is 0.694. The maximum absolute atomic E-state index is 12.2. The molecule has 1 N–H and O–H groups in total. The standard InChI is InChI=1S/C20H23NO7/c1-12-6-7-13(8-15(12)24-2)20(23)28-11-18(22)21-14-9-16(25-3)19(27-5)17(10-14)26-4/h6-10H,11H2,1-5H3,(H,21,22). The van der Waals surface area contributed by atoms with Crippen LogP contribution >= 0.6 is 0 Å². The SMILES string of the molecule is COc1cc(C(=O)OCC(=O)Nc2cc(OC)c(OC)c(OC)c2)ccc1C. The molecular formula is C20H23NO7. The van der Waals surface area contributed by atoms with E-state index in [2.05, 4.69) is 5.32 Å². The number of rotatable bonds is 8. The highest BCUT2D eigenvalue weighted by atomic mass is 16.5. The third kappa shape index (κ3) is 4.85. The number of carbonyl (C=O) groups is 2. The van der Waals surface area contributed by atoms with Crippen LogP contribution < -0.4 is 24.3 Å². The lowest BCUT2D eigenvalue weighted by molar-refractivity contribution is -0.119. The second-order valence-corrected chi connectivity index (χ2v) is 5.72. The summed E-state index contributed by atoms with van der Waals surface area (Å²) in [5.41, 5.74) is 1.59. The molecule has 0 atom stereocenters. The van der Waals surface area contributed by atoms with Crippen LogP contribution in [0.4, 0.5) is 5.69 Å². The van der Waals surface area contributed by atoms with Gasteiger partial charge in [0.2, 0.25) is 5.75 Å². The number of esters is 1. The molecule has 0 spiro atoms. The van der Waals surface area contributed by atoms with E-state index >= 15 is 0 Å². The Morgan fingerprint density at radius 1 is 0.857 bits per heavy atom. The highest BCUT2D eigenvalue weighted by molar-refractivity contribution is 5.96. The molecule has 2 aromatic rings. The molecule has 8 nitrogen and oxygen atoms in total. The van der Waals surface area contributed by atoms with Gasteiger partial charge in [0.05, 0.1) is 34.0 Å². The third-order valence-electron chi connectivity index (χ3n) is 3.93. The lowest BCUT2D eigenvalue weighted by Crippen LogP contribution is -2.21. The summed E-state index contributed by atoms with van der Waals surface area (Å²) in [7, 11) is 5.95. The van der Waals surface area contributed by atoms with Gasteiger partial charge in [-0.15, -0.1) is 0 Å². The second kappa shape index (κ2) is 9.50. The van der Waals surface area contributed by atoms with Gasteiger partial charge in [-0.3, -0.25) is 4.79 Å². The summed E-state index contributed by atoms with van der Waals surface area (Å²) in [6.07, 6.45) is 0. The molecule has 0 aliphatic rings. The average molecular weight is 389 g/mol. The largest absolute Gasteiger partial charge is 0.496 e. The van der Waals surface area contributed by atoms with Gasteiger partial charge in [-0.1, -0.05) is 6.07 Å². The first-order valence-corrected chi connectivity index (χ1v) is 8.35. The maximum Gasteiger partial charge on any atom is 0.338 e. The fraction of sp³-hybridized carbons (Fsp3) is 0.300. The molecule has 0 aliphatic heterocycles. The van der Waals surface area contributed by atoms with Crippen molar-refractivity contribution in [1.29, 1.82) is 0 Å². The van der Waals surface area contributed by atoms with E-state index in [0.29, 0.717) is 34.2 Å². The first-order chi connectivity index (χ1) is 13.4. The molecule has 0 fully saturated rings. The Morgan fingerprint density at radius 3 is 2.00 bits per heavy atom. The summed E-state index contributed by atoms with van der Waals surface area (Å²) < 4.78 is 25.9. The summed E-state index contributed by atoms with van der Waals surface area (Å²) in [5.74, 6) is 0.612.